The third-order valence-electron chi connectivity index (χ3n) is 4.23. The molecule has 1 fully saturated rings. The van der Waals surface area contributed by atoms with Crippen LogP contribution in [0.4, 0.5) is 0 Å². The first-order chi connectivity index (χ1) is 8.15. The van der Waals surface area contributed by atoms with Gasteiger partial charge in [0.05, 0.1) is 6.10 Å². The first-order valence-corrected chi connectivity index (χ1v) is 6.98. The molecule has 1 saturated heterocycles. The van der Waals surface area contributed by atoms with Crippen LogP contribution < -0.4 is 0 Å². The molecular weight excluding hydrogens is 210 g/mol. The van der Waals surface area contributed by atoms with Crippen molar-refractivity contribution in [2.24, 2.45) is 0 Å². The highest BCUT2D eigenvalue weighted by atomic mass is 16.3. The molecule has 98 valence electrons. The second kappa shape index (κ2) is 7.03. The van der Waals surface area contributed by atoms with E-state index in [2.05, 4.69) is 30.6 Å². The van der Waals surface area contributed by atoms with Gasteiger partial charge in [-0.15, -0.1) is 11.8 Å². The second-order valence-electron chi connectivity index (χ2n) is 5.24. The van der Waals surface area contributed by atoms with E-state index in [1.165, 1.54) is 19.3 Å². The van der Waals surface area contributed by atoms with Crippen LogP contribution in [0.1, 0.15) is 59.3 Å². The molecule has 0 bridgehead atoms. The number of nitrogens with zero attached hydrogens (tertiary/aromatic N) is 1. The average Bonchev–Trinajstić information content (AvgIpc) is 2.39. The highest BCUT2D eigenvalue weighted by Crippen LogP contribution is 2.29. The van der Waals surface area contributed by atoms with Crippen LogP contribution in [0, 0.1) is 11.8 Å². The molecule has 0 aromatic rings. The highest BCUT2D eigenvalue weighted by molar-refractivity contribution is 4.99. The van der Waals surface area contributed by atoms with Gasteiger partial charge in [-0.25, -0.2) is 0 Å². The van der Waals surface area contributed by atoms with Crippen LogP contribution in [-0.4, -0.2) is 34.7 Å². The average molecular weight is 237 g/mol. The SMILES string of the molecule is CC#CCCC(O)C(C)(CC)N1CCCCC1. The zero-order valence-corrected chi connectivity index (χ0v) is 11.6. The molecule has 1 heterocycles. The summed E-state index contributed by atoms with van der Waals surface area (Å²) in [6.45, 7) is 8.53. The van der Waals surface area contributed by atoms with Crippen molar-refractivity contribution in [1.82, 2.24) is 4.90 Å². The maximum absolute atomic E-state index is 10.4. The molecule has 17 heavy (non-hydrogen) atoms. The van der Waals surface area contributed by atoms with E-state index in [9.17, 15) is 5.11 Å². The van der Waals surface area contributed by atoms with Crippen molar-refractivity contribution < 1.29 is 5.11 Å². The van der Waals surface area contributed by atoms with Gasteiger partial charge in [0.25, 0.3) is 0 Å². The molecule has 0 radical (unpaired) electrons. The molecule has 2 atom stereocenters. The van der Waals surface area contributed by atoms with Crippen molar-refractivity contribution in [2.75, 3.05) is 13.1 Å². The van der Waals surface area contributed by atoms with E-state index in [0.717, 1.165) is 32.4 Å². The van der Waals surface area contributed by atoms with E-state index in [1.807, 2.05) is 6.92 Å². The molecular formula is C15H27NO. The molecule has 0 aliphatic carbocycles. The number of hydrogen-bond donors (Lipinski definition) is 1. The highest BCUT2D eigenvalue weighted by Gasteiger charge is 2.37. The lowest BCUT2D eigenvalue weighted by Crippen LogP contribution is -2.55. The van der Waals surface area contributed by atoms with Gasteiger partial charge in [0.1, 0.15) is 0 Å². The molecule has 0 aromatic heterocycles. The summed E-state index contributed by atoms with van der Waals surface area (Å²) in [5, 5.41) is 10.4. The third-order valence-corrected chi connectivity index (χ3v) is 4.23. The Morgan fingerprint density at radius 3 is 2.47 bits per heavy atom. The minimum atomic E-state index is -0.258. The molecule has 2 heteroatoms. The molecule has 0 aromatic carbocycles. The van der Waals surface area contributed by atoms with Gasteiger partial charge < -0.3 is 5.11 Å². The molecule has 1 rings (SSSR count). The molecule has 0 saturated carbocycles. The van der Waals surface area contributed by atoms with Crippen molar-refractivity contribution in [3.05, 3.63) is 0 Å². The van der Waals surface area contributed by atoms with Crippen molar-refractivity contribution in [1.29, 1.82) is 0 Å². The predicted molar refractivity (Wildman–Crippen MR) is 72.8 cm³/mol. The normalized spacial score (nSPS) is 22.4. The van der Waals surface area contributed by atoms with E-state index >= 15 is 0 Å². The Bertz CT molecular complexity index is 272. The largest absolute Gasteiger partial charge is 0.391 e. The summed E-state index contributed by atoms with van der Waals surface area (Å²) in [6.07, 6.45) is 6.24. The molecule has 2 nitrogen and oxygen atoms in total. The molecule has 2 unspecified atom stereocenters. The molecule has 1 aliphatic rings. The van der Waals surface area contributed by atoms with Crippen molar-refractivity contribution in [3.63, 3.8) is 0 Å². The summed E-state index contributed by atoms with van der Waals surface area (Å²) in [6, 6.07) is 0. The Hall–Kier alpha value is -0.520. The summed E-state index contributed by atoms with van der Waals surface area (Å²) >= 11 is 0. The minimum Gasteiger partial charge on any atom is -0.391 e. The van der Waals surface area contributed by atoms with Crippen molar-refractivity contribution in [2.45, 2.75) is 70.9 Å². The first-order valence-electron chi connectivity index (χ1n) is 6.98. The van der Waals surface area contributed by atoms with Crippen LogP contribution in [0.2, 0.25) is 0 Å². The minimum absolute atomic E-state index is 0.0597. The zero-order valence-electron chi connectivity index (χ0n) is 11.6. The number of aliphatic hydroxyl groups is 1. The molecule has 0 amide bonds. The van der Waals surface area contributed by atoms with Gasteiger partial charge >= 0.3 is 0 Å². The lowest BCUT2D eigenvalue weighted by atomic mass is 9.85. The fourth-order valence-electron chi connectivity index (χ4n) is 2.72. The first kappa shape index (κ1) is 14.5. The quantitative estimate of drug-likeness (QED) is 0.743. The van der Waals surface area contributed by atoms with Crippen molar-refractivity contribution in [3.8, 4) is 11.8 Å². The Kier molecular flexibility index (Phi) is 6.02. The van der Waals surface area contributed by atoms with E-state index < -0.39 is 0 Å². The van der Waals surface area contributed by atoms with Crippen LogP contribution in [0.25, 0.3) is 0 Å². The second-order valence-corrected chi connectivity index (χ2v) is 5.24. The van der Waals surface area contributed by atoms with Crippen LogP contribution in [0.3, 0.4) is 0 Å². The van der Waals surface area contributed by atoms with Crippen LogP contribution in [0.5, 0.6) is 0 Å². The van der Waals surface area contributed by atoms with Crippen LogP contribution >= 0.6 is 0 Å². The van der Waals surface area contributed by atoms with Gasteiger partial charge in [-0.2, -0.15) is 0 Å². The van der Waals surface area contributed by atoms with Gasteiger partial charge in [0.2, 0.25) is 0 Å². The number of piperidine rings is 1. The van der Waals surface area contributed by atoms with Crippen LogP contribution in [0.15, 0.2) is 0 Å². The summed E-state index contributed by atoms with van der Waals surface area (Å²) in [5.41, 5.74) is -0.0597. The van der Waals surface area contributed by atoms with E-state index in [1.54, 1.807) is 0 Å². The number of hydrogen-bond acceptors (Lipinski definition) is 2. The molecule has 1 aliphatic heterocycles. The van der Waals surface area contributed by atoms with Gasteiger partial charge in [-0.05, 0) is 52.6 Å². The molecule has 0 spiro atoms. The topological polar surface area (TPSA) is 23.5 Å². The summed E-state index contributed by atoms with van der Waals surface area (Å²) in [7, 11) is 0. The van der Waals surface area contributed by atoms with Crippen LogP contribution in [-0.2, 0) is 0 Å². The van der Waals surface area contributed by atoms with E-state index in [0.29, 0.717) is 0 Å². The zero-order chi connectivity index (χ0) is 12.7. The maximum atomic E-state index is 10.4. The Labute approximate surface area is 106 Å². The van der Waals surface area contributed by atoms with Gasteiger partial charge in [-0.1, -0.05) is 13.3 Å². The summed E-state index contributed by atoms with van der Waals surface area (Å²) in [4.78, 5) is 2.49. The number of rotatable bonds is 5. The lowest BCUT2D eigenvalue weighted by Gasteiger charge is -2.46. The Morgan fingerprint density at radius 1 is 1.29 bits per heavy atom. The fourth-order valence-corrected chi connectivity index (χ4v) is 2.72. The third kappa shape index (κ3) is 3.72. The van der Waals surface area contributed by atoms with E-state index in [-0.39, 0.29) is 11.6 Å². The predicted octanol–water partition coefficient (Wildman–Crippen LogP) is 2.81. The van der Waals surface area contributed by atoms with E-state index in [4.69, 9.17) is 0 Å². The monoisotopic (exact) mass is 237 g/mol. The summed E-state index contributed by atoms with van der Waals surface area (Å²) in [5.74, 6) is 5.95. The Morgan fingerprint density at radius 2 is 1.94 bits per heavy atom. The lowest BCUT2D eigenvalue weighted by molar-refractivity contribution is -0.0362. The maximum Gasteiger partial charge on any atom is 0.0730 e. The van der Waals surface area contributed by atoms with Gasteiger partial charge in [0.15, 0.2) is 0 Å². The summed E-state index contributed by atoms with van der Waals surface area (Å²) < 4.78 is 0. The number of aliphatic hydroxyl groups excluding tert-OH is 1. The van der Waals surface area contributed by atoms with Crippen molar-refractivity contribution >= 4 is 0 Å². The molecule has 1 N–H and O–H groups in total. The smallest absolute Gasteiger partial charge is 0.0730 e. The van der Waals surface area contributed by atoms with Gasteiger partial charge in [0, 0.05) is 12.0 Å². The number of likely N-dealkylation sites (tertiary alicyclic amines) is 1. The standard InChI is InChI=1S/C15H27NO/c1-4-6-8-11-14(17)15(3,5-2)16-12-9-7-10-13-16/h14,17H,5,7-13H2,1-3H3. The fraction of sp³-hybridized carbons (Fsp3) is 0.867. The Balaban J connectivity index is 2.60. The van der Waals surface area contributed by atoms with Gasteiger partial charge in [-0.3, -0.25) is 4.90 Å².